The molecule has 0 bridgehead atoms. The van der Waals surface area contributed by atoms with Crippen LogP contribution in [0.5, 0.6) is 0 Å². The molecule has 8 nitrogen and oxygen atoms in total. The highest BCUT2D eigenvalue weighted by Gasteiger charge is 2.07. The minimum atomic E-state index is -0.335. The standard InChI is InChI=1S/C19H17N7O/c20-18-15-8-13(3-4-16(15)25-26-18)14-5-7-22-17(9-14)24-19(27)23-11-12-2-1-6-21-10-12/h1-10H,11H2,(H3,20,25,26)(H2,22,23,24,27). The van der Waals surface area contributed by atoms with E-state index in [0.717, 1.165) is 27.6 Å². The summed E-state index contributed by atoms with van der Waals surface area (Å²) in [6.07, 6.45) is 5.04. The van der Waals surface area contributed by atoms with Crippen LogP contribution >= 0.6 is 0 Å². The van der Waals surface area contributed by atoms with E-state index in [2.05, 4.69) is 30.8 Å². The largest absolute Gasteiger partial charge is 0.382 e. The van der Waals surface area contributed by atoms with Crippen LogP contribution in [-0.4, -0.2) is 26.2 Å². The first-order chi connectivity index (χ1) is 13.2. The number of amides is 2. The molecule has 0 spiro atoms. The van der Waals surface area contributed by atoms with Gasteiger partial charge in [-0.1, -0.05) is 12.1 Å². The number of benzene rings is 1. The molecule has 0 aliphatic carbocycles. The van der Waals surface area contributed by atoms with Gasteiger partial charge in [-0.05, 0) is 47.0 Å². The first kappa shape index (κ1) is 16.5. The van der Waals surface area contributed by atoms with E-state index in [9.17, 15) is 4.79 Å². The van der Waals surface area contributed by atoms with Crippen molar-refractivity contribution in [3.63, 3.8) is 0 Å². The Labute approximate surface area is 154 Å². The molecule has 0 fully saturated rings. The predicted octanol–water partition coefficient (Wildman–Crippen LogP) is 2.92. The SMILES string of the molecule is Nc1n[nH]c2ccc(-c3ccnc(NC(=O)NCc4cccnc4)c3)cc12. The molecule has 4 aromatic rings. The Morgan fingerprint density at radius 2 is 2.00 bits per heavy atom. The minimum absolute atomic E-state index is 0.335. The fraction of sp³-hybridized carbons (Fsp3) is 0.0526. The van der Waals surface area contributed by atoms with Crippen LogP contribution in [0.1, 0.15) is 5.56 Å². The average Bonchev–Trinajstić information content (AvgIpc) is 3.08. The van der Waals surface area contributed by atoms with Gasteiger partial charge in [0.25, 0.3) is 0 Å². The summed E-state index contributed by atoms with van der Waals surface area (Å²) in [4.78, 5) is 20.3. The van der Waals surface area contributed by atoms with Gasteiger partial charge in [-0.3, -0.25) is 15.4 Å². The number of fused-ring (bicyclic) bond motifs is 1. The summed E-state index contributed by atoms with van der Waals surface area (Å²) in [5.41, 5.74) is 9.53. The number of nitrogens with two attached hydrogens (primary N) is 1. The van der Waals surface area contributed by atoms with Gasteiger partial charge in [-0.15, -0.1) is 0 Å². The van der Waals surface area contributed by atoms with Crippen LogP contribution in [-0.2, 0) is 6.54 Å². The summed E-state index contributed by atoms with van der Waals surface area (Å²) in [6.45, 7) is 0.385. The zero-order chi connectivity index (χ0) is 18.6. The Morgan fingerprint density at radius 3 is 2.85 bits per heavy atom. The summed E-state index contributed by atoms with van der Waals surface area (Å²) in [5.74, 6) is 0.908. The third kappa shape index (κ3) is 3.69. The van der Waals surface area contributed by atoms with Crippen molar-refractivity contribution in [3.8, 4) is 11.1 Å². The van der Waals surface area contributed by atoms with Gasteiger partial charge < -0.3 is 11.1 Å². The van der Waals surface area contributed by atoms with E-state index in [1.54, 1.807) is 24.7 Å². The monoisotopic (exact) mass is 359 g/mol. The van der Waals surface area contributed by atoms with Crippen molar-refractivity contribution in [1.82, 2.24) is 25.5 Å². The van der Waals surface area contributed by atoms with Crippen molar-refractivity contribution in [2.75, 3.05) is 11.1 Å². The third-order valence-corrected chi connectivity index (χ3v) is 4.10. The number of carbonyl (C=O) groups excluding carboxylic acids is 1. The zero-order valence-electron chi connectivity index (χ0n) is 14.3. The molecule has 0 aliphatic rings. The van der Waals surface area contributed by atoms with E-state index in [1.165, 1.54) is 0 Å². The maximum absolute atomic E-state index is 12.1. The number of hydrogen-bond donors (Lipinski definition) is 4. The van der Waals surface area contributed by atoms with Crippen molar-refractivity contribution < 1.29 is 4.79 Å². The number of nitrogens with zero attached hydrogens (tertiary/aromatic N) is 3. The summed E-state index contributed by atoms with van der Waals surface area (Å²) >= 11 is 0. The second-order valence-electron chi connectivity index (χ2n) is 5.97. The molecule has 5 N–H and O–H groups in total. The van der Waals surface area contributed by atoms with Gasteiger partial charge in [-0.2, -0.15) is 5.10 Å². The Balaban J connectivity index is 1.48. The number of anilines is 2. The molecule has 0 unspecified atom stereocenters. The number of urea groups is 1. The number of carbonyl (C=O) groups is 1. The predicted molar refractivity (Wildman–Crippen MR) is 104 cm³/mol. The van der Waals surface area contributed by atoms with Crippen LogP contribution < -0.4 is 16.4 Å². The number of rotatable bonds is 4. The lowest BCUT2D eigenvalue weighted by Gasteiger charge is -2.08. The van der Waals surface area contributed by atoms with Crippen molar-refractivity contribution >= 4 is 28.6 Å². The number of nitrogen functional groups attached to an aromatic ring is 1. The molecular weight excluding hydrogens is 342 g/mol. The number of nitrogens with one attached hydrogen (secondary N) is 3. The second kappa shape index (κ2) is 7.12. The fourth-order valence-corrected chi connectivity index (χ4v) is 2.74. The normalized spacial score (nSPS) is 10.7. The molecule has 0 saturated carbocycles. The lowest BCUT2D eigenvalue weighted by atomic mass is 10.0. The van der Waals surface area contributed by atoms with E-state index in [-0.39, 0.29) is 6.03 Å². The molecule has 2 amide bonds. The van der Waals surface area contributed by atoms with Crippen molar-refractivity contribution in [3.05, 3.63) is 66.6 Å². The van der Waals surface area contributed by atoms with Gasteiger partial charge in [0.05, 0.1) is 5.52 Å². The molecule has 0 radical (unpaired) electrons. The molecule has 8 heteroatoms. The molecule has 3 aromatic heterocycles. The van der Waals surface area contributed by atoms with Gasteiger partial charge in [0.15, 0.2) is 5.82 Å². The summed E-state index contributed by atoms with van der Waals surface area (Å²) in [7, 11) is 0. The zero-order valence-corrected chi connectivity index (χ0v) is 14.3. The molecule has 4 rings (SSSR count). The lowest BCUT2D eigenvalue weighted by Crippen LogP contribution is -2.28. The second-order valence-corrected chi connectivity index (χ2v) is 5.97. The number of H-pyrrole nitrogens is 1. The van der Waals surface area contributed by atoms with E-state index in [4.69, 9.17) is 5.73 Å². The molecule has 134 valence electrons. The number of hydrogen-bond acceptors (Lipinski definition) is 5. The molecule has 0 saturated heterocycles. The smallest absolute Gasteiger partial charge is 0.320 e. The summed E-state index contributed by atoms with van der Waals surface area (Å²) < 4.78 is 0. The molecule has 3 heterocycles. The van der Waals surface area contributed by atoms with E-state index in [1.807, 2.05) is 36.4 Å². The molecular formula is C19H17N7O. The van der Waals surface area contributed by atoms with Gasteiger partial charge in [-0.25, -0.2) is 9.78 Å². The van der Waals surface area contributed by atoms with Crippen LogP contribution in [0.4, 0.5) is 16.4 Å². The minimum Gasteiger partial charge on any atom is -0.382 e. The van der Waals surface area contributed by atoms with E-state index >= 15 is 0 Å². The maximum Gasteiger partial charge on any atom is 0.320 e. The number of aromatic amines is 1. The van der Waals surface area contributed by atoms with Crippen LogP contribution in [0.25, 0.3) is 22.0 Å². The summed E-state index contributed by atoms with van der Waals surface area (Å²) in [6, 6.07) is 12.9. The van der Waals surface area contributed by atoms with Crippen LogP contribution in [0.2, 0.25) is 0 Å². The molecule has 1 aromatic carbocycles. The van der Waals surface area contributed by atoms with Crippen LogP contribution in [0, 0.1) is 0 Å². The average molecular weight is 359 g/mol. The number of aromatic nitrogens is 4. The van der Waals surface area contributed by atoms with Crippen LogP contribution in [0.3, 0.4) is 0 Å². The highest BCUT2D eigenvalue weighted by atomic mass is 16.2. The quantitative estimate of drug-likeness (QED) is 0.446. The Bertz CT molecular complexity index is 1090. The van der Waals surface area contributed by atoms with E-state index in [0.29, 0.717) is 18.2 Å². The number of pyridine rings is 2. The topological polar surface area (TPSA) is 122 Å². The Hall–Kier alpha value is -3.94. The van der Waals surface area contributed by atoms with Crippen molar-refractivity contribution in [1.29, 1.82) is 0 Å². The fourth-order valence-electron chi connectivity index (χ4n) is 2.74. The van der Waals surface area contributed by atoms with Gasteiger partial charge in [0.1, 0.15) is 5.82 Å². The summed E-state index contributed by atoms with van der Waals surface area (Å²) in [5, 5.41) is 13.2. The van der Waals surface area contributed by atoms with Gasteiger partial charge in [0.2, 0.25) is 0 Å². The third-order valence-electron chi connectivity index (χ3n) is 4.10. The Morgan fingerprint density at radius 1 is 1.11 bits per heavy atom. The first-order valence-corrected chi connectivity index (χ1v) is 8.33. The Kier molecular flexibility index (Phi) is 4.36. The van der Waals surface area contributed by atoms with Crippen molar-refractivity contribution in [2.24, 2.45) is 0 Å². The highest BCUT2D eigenvalue weighted by molar-refractivity contribution is 5.93. The molecule has 0 atom stereocenters. The first-order valence-electron chi connectivity index (χ1n) is 8.33. The molecule has 27 heavy (non-hydrogen) atoms. The molecule has 0 aliphatic heterocycles. The van der Waals surface area contributed by atoms with Crippen molar-refractivity contribution in [2.45, 2.75) is 6.54 Å². The lowest BCUT2D eigenvalue weighted by molar-refractivity contribution is 0.251. The van der Waals surface area contributed by atoms with Gasteiger partial charge in [0, 0.05) is 30.5 Å². The van der Waals surface area contributed by atoms with Crippen LogP contribution in [0.15, 0.2) is 61.1 Å². The highest BCUT2D eigenvalue weighted by Crippen LogP contribution is 2.27. The maximum atomic E-state index is 12.1. The van der Waals surface area contributed by atoms with E-state index < -0.39 is 0 Å². The van der Waals surface area contributed by atoms with Gasteiger partial charge >= 0.3 is 6.03 Å².